The van der Waals surface area contributed by atoms with Crippen molar-refractivity contribution in [3.05, 3.63) is 83.3 Å². The molecule has 0 bridgehead atoms. The molecule has 4 rings (SSSR count). The summed E-state index contributed by atoms with van der Waals surface area (Å²) in [6, 6.07) is 6.34. The Labute approximate surface area is 199 Å². The van der Waals surface area contributed by atoms with Crippen LogP contribution in [0.2, 0.25) is 0 Å². The number of nitrogens with zero attached hydrogens (tertiary/aromatic N) is 3. The quantitative estimate of drug-likeness (QED) is 0.291. The van der Waals surface area contributed by atoms with E-state index in [9.17, 15) is 0 Å². The first-order valence-corrected chi connectivity index (χ1v) is 12.2. The van der Waals surface area contributed by atoms with Gasteiger partial charge in [0, 0.05) is 46.4 Å². The number of rotatable bonds is 7. The largest absolute Gasteiger partial charge is 0.357 e. The molecule has 2 N–H and O–H groups in total. The van der Waals surface area contributed by atoms with Crippen LogP contribution in [0.5, 0.6) is 0 Å². The van der Waals surface area contributed by atoms with Crippen LogP contribution in [0, 0.1) is 19.8 Å². The molecule has 6 heteroatoms. The molecular weight excluding hydrogens is 426 g/mol. The Kier molecular flexibility index (Phi) is 6.65. The molecule has 33 heavy (non-hydrogen) atoms. The lowest BCUT2D eigenvalue weighted by Crippen LogP contribution is -1.98. The van der Waals surface area contributed by atoms with Crippen molar-refractivity contribution in [1.82, 2.24) is 25.1 Å². The molecule has 0 radical (unpaired) electrons. The summed E-state index contributed by atoms with van der Waals surface area (Å²) in [5.41, 5.74) is 10.6. The average Bonchev–Trinajstić information content (AvgIpc) is 3.39. The molecule has 4 heterocycles. The SMILES string of the molecule is C=C/C=C(/C(=C/SC)C(C)C)c1cc(-c2[nH]nc3ncc(-c4cnccc4C)cc23)[nH]c1C. The number of nitrogens with one attached hydrogen (secondary N) is 2. The van der Waals surface area contributed by atoms with Crippen LogP contribution in [-0.4, -0.2) is 31.4 Å². The summed E-state index contributed by atoms with van der Waals surface area (Å²) < 4.78 is 0. The van der Waals surface area contributed by atoms with Crippen LogP contribution in [0.3, 0.4) is 0 Å². The Morgan fingerprint density at radius 1 is 1.18 bits per heavy atom. The van der Waals surface area contributed by atoms with Crippen LogP contribution in [0.15, 0.2) is 66.5 Å². The van der Waals surface area contributed by atoms with Gasteiger partial charge in [-0.3, -0.25) is 10.1 Å². The first-order chi connectivity index (χ1) is 15.9. The minimum atomic E-state index is 0.392. The first-order valence-electron chi connectivity index (χ1n) is 11.0. The highest BCUT2D eigenvalue weighted by molar-refractivity contribution is 8.01. The van der Waals surface area contributed by atoms with Crippen molar-refractivity contribution < 1.29 is 0 Å². The molecular formula is C27H29N5S. The molecule has 0 unspecified atom stereocenters. The molecule has 0 aliphatic rings. The van der Waals surface area contributed by atoms with Crippen LogP contribution in [0.4, 0.5) is 0 Å². The molecule has 5 nitrogen and oxygen atoms in total. The fourth-order valence-electron chi connectivity index (χ4n) is 4.09. The van der Waals surface area contributed by atoms with E-state index in [0.717, 1.165) is 44.7 Å². The lowest BCUT2D eigenvalue weighted by Gasteiger charge is -2.15. The maximum Gasteiger partial charge on any atom is 0.181 e. The van der Waals surface area contributed by atoms with Crippen LogP contribution >= 0.6 is 11.8 Å². The van der Waals surface area contributed by atoms with Crippen molar-refractivity contribution in [1.29, 1.82) is 0 Å². The summed E-state index contributed by atoms with van der Waals surface area (Å²) in [5, 5.41) is 10.8. The van der Waals surface area contributed by atoms with Crippen molar-refractivity contribution in [2.24, 2.45) is 5.92 Å². The smallest absolute Gasteiger partial charge is 0.181 e. The van der Waals surface area contributed by atoms with E-state index in [1.807, 2.05) is 30.7 Å². The van der Waals surface area contributed by atoms with Gasteiger partial charge in [-0.15, -0.1) is 11.8 Å². The van der Waals surface area contributed by atoms with E-state index >= 15 is 0 Å². The summed E-state index contributed by atoms with van der Waals surface area (Å²) in [6.07, 6.45) is 11.6. The third kappa shape index (κ3) is 4.44. The number of thioether (sulfide) groups is 1. The standard InChI is InChI=1S/C27H29N5S/c1-7-8-20(24(15-33-6)16(2)3)21-12-25(30-18(21)5)26-22-11-19(13-29-27(22)32-31-26)23-14-28-10-9-17(23)4/h7-16,30H,1H2,2-6H3,(H,29,31,32)/b20-8+,24-15+. The second kappa shape index (κ2) is 9.63. The van der Waals surface area contributed by atoms with Gasteiger partial charge in [0.2, 0.25) is 0 Å². The molecule has 0 aromatic carbocycles. The number of fused-ring (bicyclic) bond motifs is 1. The molecule has 0 atom stereocenters. The maximum absolute atomic E-state index is 4.59. The van der Waals surface area contributed by atoms with E-state index < -0.39 is 0 Å². The van der Waals surface area contributed by atoms with Gasteiger partial charge < -0.3 is 4.98 Å². The Hall–Kier alpha value is -3.38. The Bertz CT molecular complexity index is 1370. The van der Waals surface area contributed by atoms with Crippen molar-refractivity contribution in [2.45, 2.75) is 27.7 Å². The van der Waals surface area contributed by atoms with Gasteiger partial charge in [0.05, 0.1) is 11.4 Å². The number of hydrogen-bond acceptors (Lipinski definition) is 4. The predicted octanol–water partition coefficient (Wildman–Crippen LogP) is 7.10. The zero-order valence-electron chi connectivity index (χ0n) is 19.7. The van der Waals surface area contributed by atoms with Gasteiger partial charge in [0.15, 0.2) is 5.65 Å². The summed E-state index contributed by atoms with van der Waals surface area (Å²) in [6.45, 7) is 12.6. The third-order valence-corrected chi connectivity index (χ3v) is 6.29. The van der Waals surface area contributed by atoms with Crippen LogP contribution < -0.4 is 0 Å². The Balaban J connectivity index is 1.83. The normalized spacial score (nSPS) is 12.7. The molecule has 0 fully saturated rings. The molecule has 0 aliphatic heterocycles. The number of aryl methyl sites for hydroxylation is 2. The number of aromatic amines is 2. The topological polar surface area (TPSA) is 70.2 Å². The molecule has 0 aliphatic carbocycles. The Morgan fingerprint density at radius 3 is 2.70 bits per heavy atom. The first kappa shape index (κ1) is 22.8. The molecule has 0 spiro atoms. The minimum Gasteiger partial charge on any atom is -0.357 e. The van der Waals surface area contributed by atoms with Gasteiger partial charge in [0.1, 0.15) is 0 Å². The second-order valence-electron chi connectivity index (χ2n) is 8.39. The van der Waals surface area contributed by atoms with E-state index in [2.05, 4.69) is 89.3 Å². The second-order valence-corrected chi connectivity index (χ2v) is 9.09. The van der Waals surface area contributed by atoms with Crippen molar-refractivity contribution in [2.75, 3.05) is 6.26 Å². The van der Waals surface area contributed by atoms with Gasteiger partial charge in [-0.25, -0.2) is 4.98 Å². The highest BCUT2D eigenvalue weighted by Crippen LogP contribution is 2.36. The molecule has 0 saturated heterocycles. The fraction of sp³-hybridized carbons (Fsp3) is 0.222. The summed E-state index contributed by atoms with van der Waals surface area (Å²) in [5.74, 6) is 0.392. The zero-order chi connectivity index (χ0) is 23.5. The summed E-state index contributed by atoms with van der Waals surface area (Å²) in [4.78, 5) is 12.4. The zero-order valence-corrected chi connectivity index (χ0v) is 20.5. The molecule has 4 aromatic rings. The molecule has 168 valence electrons. The highest BCUT2D eigenvalue weighted by Gasteiger charge is 2.19. The maximum atomic E-state index is 4.59. The van der Waals surface area contributed by atoms with Gasteiger partial charge >= 0.3 is 0 Å². The summed E-state index contributed by atoms with van der Waals surface area (Å²) in [7, 11) is 0. The number of H-pyrrole nitrogens is 2. The third-order valence-electron chi connectivity index (χ3n) is 5.80. The van der Waals surface area contributed by atoms with E-state index in [1.165, 1.54) is 11.1 Å². The highest BCUT2D eigenvalue weighted by atomic mass is 32.2. The van der Waals surface area contributed by atoms with Gasteiger partial charge in [0.25, 0.3) is 0 Å². The predicted molar refractivity (Wildman–Crippen MR) is 141 cm³/mol. The Morgan fingerprint density at radius 2 is 2.00 bits per heavy atom. The lowest BCUT2D eigenvalue weighted by molar-refractivity contribution is 0.799. The fourth-order valence-corrected chi connectivity index (χ4v) is 4.74. The van der Waals surface area contributed by atoms with Gasteiger partial charge in [-0.1, -0.05) is 32.6 Å². The van der Waals surface area contributed by atoms with Gasteiger partial charge in [-0.2, -0.15) is 5.10 Å². The number of allylic oxidation sites excluding steroid dienone is 4. The number of hydrogen-bond donors (Lipinski definition) is 2. The van der Waals surface area contributed by atoms with Crippen LogP contribution in [0.1, 0.15) is 30.7 Å². The number of aromatic nitrogens is 5. The molecule has 4 aromatic heterocycles. The van der Waals surface area contributed by atoms with Crippen molar-refractivity contribution in [3.8, 4) is 22.5 Å². The van der Waals surface area contributed by atoms with E-state index in [1.54, 1.807) is 11.8 Å². The van der Waals surface area contributed by atoms with Crippen LogP contribution in [0.25, 0.3) is 39.1 Å². The van der Waals surface area contributed by atoms with Crippen molar-refractivity contribution >= 4 is 28.4 Å². The lowest BCUT2D eigenvalue weighted by atomic mass is 9.91. The average molecular weight is 456 g/mol. The van der Waals surface area contributed by atoms with E-state index in [-0.39, 0.29) is 0 Å². The monoisotopic (exact) mass is 455 g/mol. The van der Waals surface area contributed by atoms with Crippen molar-refractivity contribution in [3.63, 3.8) is 0 Å². The minimum absolute atomic E-state index is 0.392. The molecule has 0 saturated carbocycles. The van der Waals surface area contributed by atoms with Gasteiger partial charge in [-0.05, 0) is 66.3 Å². The van der Waals surface area contributed by atoms with E-state index in [0.29, 0.717) is 11.6 Å². The van der Waals surface area contributed by atoms with Crippen LogP contribution in [-0.2, 0) is 0 Å². The number of pyridine rings is 2. The summed E-state index contributed by atoms with van der Waals surface area (Å²) >= 11 is 1.72. The molecule has 0 amide bonds. The van der Waals surface area contributed by atoms with E-state index in [4.69, 9.17) is 0 Å².